The molecule has 0 aliphatic heterocycles. The third kappa shape index (κ3) is 5.10. The van der Waals surface area contributed by atoms with Crippen LogP contribution in [0.3, 0.4) is 0 Å². The van der Waals surface area contributed by atoms with Crippen molar-refractivity contribution in [3.8, 4) is 0 Å². The molecule has 1 fully saturated rings. The summed E-state index contributed by atoms with van der Waals surface area (Å²) in [7, 11) is 3.50. The Kier molecular flexibility index (Phi) is 5.20. The second-order valence-electron chi connectivity index (χ2n) is 5.76. The largest absolute Gasteiger partial charge is 0.353 e. The number of likely N-dealkylation sites (N-methyl/N-ethyl adjacent to an activating group) is 1. The fraction of sp³-hybridized carbons (Fsp3) is 0.500. The number of benzene rings is 1. The van der Waals surface area contributed by atoms with E-state index < -0.39 is 0 Å². The van der Waals surface area contributed by atoms with Gasteiger partial charge in [0, 0.05) is 20.1 Å². The SMILES string of the molecule is C[C@@H]1C[C@H]1NC(=NCc1ccccc1)NCC(=O)N(C)C. The second-order valence-corrected chi connectivity index (χ2v) is 5.76. The second kappa shape index (κ2) is 7.11. The van der Waals surface area contributed by atoms with Crippen molar-refractivity contribution in [2.24, 2.45) is 10.9 Å². The first-order chi connectivity index (χ1) is 10.1. The van der Waals surface area contributed by atoms with E-state index in [0.29, 0.717) is 24.5 Å². The molecular formula is C16H24N4O. The molecular weight excluding hydrogens is 264 g/mol. The van der Waals surface area contributed by atoms with Crippen LogP contribution in [0.1, 0.15) is 18.9 Å². The number of hydrogen-bond acceptors (Lipinski definition) is 2. The summed E-state index contributed by atoms with van der Waals surface area (Å²) in [4.78, 5) is 17.8. The van der Waals surface area contributed by atoms with Gasteiger partial charge in [0.1, 0.15) is 0 Å². The van der Waals surface area contributed by atoms with Crippen molar-refractivity contribution in [2.75, 3.05) is 20.6 Å². The Morgan fingerprint density at radius 1 is 1.33 bits per heavy atom. The highest BCUT2D eigenvalue weighted by atomic mass is 16.2. The van der Waals surface area contributed by atoms with Crippen LogP contribution >= 0.6 is 0 Å². The number of hydrogen-bond donors (Lipinski definition) is 2. The molecule has 1 aliphatic carbocycles. The van der Waals surface area contributed by atoms with Gasteiger partial charge in [0.15, 0.2) is 5.96 Å². The molecule has 0 spiro atoms. The molecule has 0 heterocycles. The van der Waals surface area contributed by atoms with E-state index in [4.69, 9.17) is 0 Å². The molecule has 5 nitrogen and oxygen atoms in total. The number of nitrogens with zero attached hydrogens (tertiary/aromatic N) is 2. The minimum absolute atomic E-state index is 0.0352. The Hall–Kier alpha value is -2.04. The summed E-state index contributed by atoms with van der Waals surface area (Å²) in [6.07, 6.45) is 1.16. The summed E-state index contributed by atoms with van der Waals surface area (Å²) in [6, 6.07) is 10.6. The third-order valence-corrected chi connectivity index (χ3v) is 3.60. The van der Waals surface area contributed by atoms with Crippen LogP contribution in [0.5, 0.6) is 0 Å². The Labute approximate surface area is 126 Å². The first-order valence-electron chi connectivity index (χ1n) is 7.35. The van der Waals surface area contributed by atoms with E-state index in [1.807, 2.05) is 30.3 Å². The highest BCUT2D eigenvalue weighted by Gasteiger charge is 2.33. The van der Waals surface area contributed by atoms with Crippen molar-refractivity contribution in [1.82, 2.24) is 15.5 Å². The summed E-state index contributed by atoms with van der Waals surface area (Å²) in [6.45, 7) is 3.07. The average molecular weight is 288 g/mol. The maximum atomic E-state index is 11.7. The molecule has 2 rings (SSSR count). The van der Waals surface area contributed by atoms with Gasteiger partial charge >= 0.3 is 0 Å². The van der Waals surface area contributed by atoms with Crippen LogP contribution in [0.15, 0.2) is 35.3 Å². The van der Waals surface area contributed by atoms with Gasteiger partial charge in [-0.3, -0.25) is 4.79 Å². The lowest BCUT2D eigenvalue weighted by Gasteiger charge is -2.15. The predicted molar refractivity (Wildman–Crippen MR) is 85.0 cm³/mol. The maximum absolute atomic E-state index is 11.7. The van der Waals surface area contributed by atoms with Crippen molar-refractivity contribution >= 4 is 11.9 Å². The molecule has 21 heavy (non-hydrogen) atoms. The van der Waals surface area contributed by atoms with Crippen LogP contribution in [0.4, 0.5) is 0 Å². The van der Waals surface area contributed by atoms with Crippen LogP contribution in [0, 0.1) is 5.92 Å². The van der Waals surface area contributed by atoms with Gasteiger partial charge in [-0.1, -0.05) is 37.3 Å². The smallest absolute Gasteiger partial charge is 0.241 e. The highest BCUT2D eigenvalue weighted by Crippen LogP contribution is 2.28. The Morgan fingerprint density at radius 2 is 2.00 bits per heavy atom. The monoisotopic (exact) mass is 288 g/mol. The normalized spacial score (nSPS) is 20.8. The number of rotatable bonds is 5. The quantitative estimate of drug-likeness (QED) is 0.633. The summed E-state index contributed by atoms with van der Waals surface area (Å²) < 4.78 is 0. The summed E-state index contributed by atoms with van der Waals surface area (Å²) >= 11 is 0. The molecule has 1 aromatic carbocycles. The Bertz CT molecular complexity index is 498. The summed E-state index contributed by atoms with van der Waals surface area (Å²) in [5.41, 5.74) is 1.15. The van der Waals surface area contributed by atoms with Crippen molar-refractivity contribution < 1.29 is 4.79 Å². The van der Waals surface area contributed by atoms with Crippen LogP contribution in [-0.2, 0) is 11.3 Å². The lowest BCUT2D eigenvalue weighted by Crippen LogP contribution is -2.44. The van der Waals surface area contributed by atoms with Crippen LogP contribution in [0.25, 0.3) is 0 Å². The molecule has 0 unspecified atom stereocenters. The first kappa shape index (κ1) is 15.4. The lowest BCUT2D eigenvalue weighted by molar-refractivity contribution is -0.127. The van der Waals surface area contributed by atoms with Gasteiger partial charge in [-0.15, -0.1) is 0 Å². The minimum atomic E-state index is 0.0352. The van der Waals surface area contributed by atoms with E-state index in [0.717, 1.165) is 12.0 Å². The summed E-state index contributed by atoms with van der Waals surface area (Å²) in [5.74, 6) is 1.43. The van der Waals surface area contributed by atoms with E-state index >= 15 is 0 Å². The molecule has 5 heteroatoms. The van der Waals surface area contributed by atoms with Gasteiger partial charge in [-0.2, -0.15) is 0 Å². The number of carbonyl (C=O) groups is 1. The summed E-state index contributed by atoms with van der Waals surface area (Å²) in [5, 5.41) is 6.48. The highest BCUT2D eigenvalue weighted by molar-refractivity contribution is 5.86. The first-order valence-corrected chi connectivity index (χ1v) is 7.35. The van der Waals surface area contributed by atoms with Gasteiger partial charge in [0.2, 0.25) is 5.91 Å². The zero-order valence-electron chi connectivity index (χ0n) is 13.0. The zero-order chi connectivity index (χ0) is 15.2. The third-order valence-electron chi connectivity index (χ3n) is 3.60. The van der Waals surface area contributed by atoms with E-state index in [2.05, 4.69) is 22.5 Å². The number of nitrogens with one attached hydrogen (secondary N) is 2. The number of aliphatic imine (C=N–C) groups is 1. The Morgan fingerprint density at radius 3 is 2.57 bits per heavy atom. The average Bonchev–Trinajstić information content (AvgIpc) is 3.17. The fourth-order valence-electron chi connectivity index (χ4n) is 1.92. The fourth-order valence-corrected chi connectivity index (χ4v) is 1.92. The maximum Gasteiger partial charge on any atom is 0.241 e. The number of carbonyl (C=O) groups excluding carboxylic acids is 1. The predicted octanol–water partition coefficient (Wildman–Crippen LogP) is 1.22. The van der Waals surface area contributed by atoms with Gasteiger partial charge in [0.25, 0.3) is 0 Å². The zero-order valence-corrected chi connectivity index (χ0v) is 13.0. The van der Waals surface area contributed by atoms with Crippen LogP contribution in [-0.4, -0.2) is 43.4 Å². The van der Waals surface area contributed by atoms with Gasteiger partial charge in [-0.05, 0) is 17.9 Å². The minimum Gasteiger partial charge on any atom is -0.353 e. The van der Waals surface area contributed by atoms with Crippen molar-refractivity contribution in [1.29, 1.82) is 0 Å². The molecule has 1 saturated carbocycles. The molecule has 1 amide bonds. The number of amides is 1. The topological polar surface area (TPSA) is 56.7 Å². The molecule has 0 bridgehead atoms. The van der Waals surface area contributed by atoms with Crippen molar-refractivity contribution in [2.45, 2.75) is 25.9 Å². The number of guanidine groups is 1. The molecule has 2 N–H and O–H groups in total. The van der Waals surface area contributed by atoms with Gasteiger partial charge < -0.3 is 15.5 Å². The van der Waals surface area contributed by atoms with Gasteiger partial charge in [-0.25, -0.2) is 4.99 Å². The lowest BCUT2D eigenvalue weighted by atomic mass is 10.2. The molecule has 0 radical (unpaired) electrons. The van der Waals surface area contributed by atoms with Gasteiger partial charge in [0.05, 0.1) is 13.1 Å². The molecule has 0 aromatic heterocycles. The standard InChI is InChI=1S/C16H24N4O/c1-12-9-14(12)19-16(18-11-15(21)20(2)3)17-10-13-7-5-4-6-8-13/h4-8,12,14H,9-11H2,1-3H3,(H2,17,18,19)/t12-,14-/m1/s1. The molecule has 1 aromatic rings. The van der Waals surface area contributed by atoms with E-state index in [-0.39, 0.29) is 12.5 Å². The molecule has 114 valence electrons. The van der Waals surface area contributed by atoms with Crippen molar-refractivity contribution in [3.63, 3.8) is 0 Å². The van der Waals surface area contributed by atoms with E-state index in [1.165, 1.54) is 0 Å². The van der Waals surface area contributed by atoms with Crippen LogP contribution in [0.2, 0.25) is 0 Å². The van der Waals surface area contributed by atoms with E-state index in [9.17, 15) is 4.79 Å². The van der Waals surface area contributed by atoms with Crippen LogP contribution < -0.4 is 10.6 Å². The Balaban J connectivity index is 1.92. The molecule has 0 saturated heterocycles. The van der Waals surface area contributed by atoms with E-state index in [1.54, 1.807) is 19.0 Å². The molecule has 2 atom stereocenters. The molecule has 1 aliphatic rings. The van der Waals surface area contributed by atoms with Crippen molar-refractivity contribution in [3.05, 3.63) is 35.9 Å².